The van der Waals surface area contributed by atoms with Crippen LogP contribution in [0.5, 0.6) is 0 Å². The molecule has 0 heterocycles. The minimum atomic E-state index is 0.527. The second-order valence-corrected chi connectivity index (χ2v) is 11.6. The van der Waals surface area contributed by atoms with Crippen LogP contribution < -0.4 is 0 Å². The van der Waals surface area contributed by atoms with Crippen LogP contribution in [0.15, 0.2) is 0 Å². The molecule has 31 heavy (non-hydrogen) atoms. The molecule has 0 unspecified atom stereocenters. The Morgan fingerprint density at radius 1 is 0.452 bits per heavy atom. The van der Waals surface area contributed by atoms with Crippen molar-refractivity contribution in [3.8, 4) is 0 Å². The van der Waals surface area contributed by atoms with Crippen molar-refractivity contribution < 1.29 is 4.74 Å². The maximum Gasteiger partial charge on any atom is 0.0522 e. The molecule has 0 atom stereocenters. The van der Waals surface area contributed by atoms with Gasteiger partial charge in [-0.1, -0.05) is 129 Å². The lowest BCUT2D eigenvalue weighted by Crippen LogP contribution is -2.35. The van der Waals surface area contributed by atoms with Gasteiger partial charge in [-0.2, -0.15) is 0 Å². The Balaban J connectivity index is 1.75. The van der Waals surface area contributed by atoms with Gasteiger partial charge in [0.1, 0.15) is 0 Å². The minimum Gasteiger partial charge on any atom is -0.380 e. The first-order valence-corrected chi connectivity index (χ1v) is 14.8. The van der Waals surface area contributed by atoms with Gasteiger partial charge in [-0.3, -0.25) is 0 Å². The van der Waals surface area contributed by atoms with E-state index in [2.05, 4.69) is 13.8 Å². The highest BCUT2D eigenvalue weighted by Gasteiger charge is 2.35. The van der Waals surface area contributed by atoms with Crippen molar-refractivity contribution in [3.63, 3.8) is 0 Å². The van der Waals surface area contributed by atoms with Crippen molar-refractivity contribution >= 4 is 0 Å². The predicted octanol–water partition coefficient (Wildman–Crippen LogP) is 10.4. The third-order valence-corrected chi connectivity index (χ3v) is 8.77. The zero-order valence-corrected chi connectivity index (χ0v) is 21.8. The lowest BCUT2D eigenvalue weighted by Gasteiger charge is -2.41. The molecule has 0 N–H and O–H groups in total. The zero-order chi connectivity index (χ0) is 22.1. The molecule has 2 saturated carbocycles. The quantitative estimate of drug-likeness (QED) is 0.195. The first kappa shape index (κ1) is 27.2. The number of ether oxygens (including phenoxy) is 1. The first-order chi connectivity index (χ1) is 15.2. The summed E-state index contributed by atoms with van der Waals surface area (Å²) in [5, 5.41) is 0. The van der Waals surface area contributed by atoms with E-state index < -0.39 is 0 Å². The third kappa shape index (κ3) is 11.1. The SMILES string of the molecule is CCCCCCCCC1(COCC2(CCCCCCCC)CCCCC2)CCCCC1. The van der Waals surface area contributed by atoms with Gasteiger partial charge in [0.15, 0.2) is 0 Å². The normalized spacial score (nSPS) is 20.7. The number of hydrogen-bond donors (Lipinski definition) is 0. The van der Waals surface area contributed by atoms with Crippen LogP contribution in [0.25, 0.3) is 0 Å². The van der Waals surface area contributed by atoms with E-state index in [-0.39, 0.29) is 0 Å². The van der Waals surface area contributed by atoms with Crippen LogP contribution in [-0.4, -0.2) is 13.2 Å². The van der Waals surface area contributed by atoms with E-state index in [1.54, 1.807) is 0 Å². The van der Waals surface area contributed by atoms with Gasteiger partial charge in [0.2, 0.25) is 0 Å². The van der Waals surface area contributed by atoms with Crippen LogP contribution in [0, 0.1) is 10.8 Å². The van der Waals surface area contributed by atoms with Gasteiger partial charge >= 0.3 is 0 Å². The second-order valence-electron chi connectivity index (χ2n) is 11.6. The highest BCUT2D eigenvalue weighted by molar-refractivity contribution is 4.86. The summed E-state index contributed by atoms with van der Waals surface area (Å²) in [4.78, 5) is 0. The monoisotopic (exact) mass is 434 g/mol. The van der Waals surface area contributed by atoms with Crippen molar-refractivity contribution in [2.24, 2.45) is 10.8 Å². The van der Waals surface area contributed by atoms with Crippen molar-refractivity contribution in [3.05, 3.63) is 0 Å². The van der Waals surface area contributed by atoms with E-state index >= 15 is 0 Å². The van der Waals surface area contributed by atoms with Gasteiger partial charge < -0.3 is 4.74 Å². The molecule has 0 aromatic carbocycles. The average Bonchev–Trinajstić information content (AvgIpc) is 2.80. The molecule has 1 heteroatoms. The summed E-state index contributed by atoms with van der Waals surface area (Å²) in [6.07, 6.45) is 34.5. The Labute approximate surface area is 196 Å². The molecular formula is C30H58O. The Hall–Kier alpha value is -0.0400. The standard InChI is InChI=1S/C30H58O/c1-3-5-7-9-11-15-21-29(23-17-13-18-24-29)27-31-28-30(25-19-14-20-26-30)22-16-12-10-8-6-4-2/h3-28H2,1-2H3. The summed E-state index contributed by atoms with van der Waals surface area (Å²) >= 11 is 0. The van der Waals surface area contributed by atoms with Gasteiger partial charge in [-0.25, -0.2) is 0 Å². The summed E-state index contributed by atoms with van der Waals surface area (Å²) in [6, 6.07) is 0. The van der Waals surface area contributed by atoms with Crippen molar-refractivity contribution in [1.29, 1.82) is 0 Å². The molecule has 0 spiro atoms. The molecule has 184 valence electrons. The average molecular weight is 435 g/mol. The fourth-order valence-electron chi connectivity index (χ4n) is 6.58. The van der Waals surface area contributed by atoms with Crippen LogP contribution >= 0.6 is 0 Å². The van der Waals surface area contributed by atoms with Gasteiger partial charge in [0.05, 0.1) is 13.2 Å². The Kier molecular flexibility index (Phi) is 14.5. The molecule has 0 saturated heterocycles. The molecule has 0 radical (unpaired) electrons. The van der Waals surface area contributed by atoms with E-state index in [9.17, 15) is 0 Å². The Morgan fingerprint density at radius 3 is 1.19 bits per heavy atom. The lowest BCUT2D eigenvalue weighted by molar-refractivity contribution is -0.0414. The third-order valence-electron chi connectivity index (χ3n) is 8.77. The molecule has 0 aromatic heterocycles. The summed E-state index contributed by atoms with van der Waals surface area (Å²) < 4.78 is 6.71. The summed E-state index contributed by atoms with van der Waals surface area (Å²) in [5.41, 5.74) is 1.05. The zero-order valence-electron chi connectivity index (χ0n) is 21.8. The van der Waals surface area contributed by atoms with Gasteiger partial charge in [-0.05, 0) is 49.4 Å². The maximum absolute atomic E-state index is 6.71. The summed E-state index contributed by atoms with van der Waals surface area (Å²) in [6.45, 7) is 6.78. The van der Waals surface area contributed by atoms with E-state index in [0.717, 1.165) is 13.2 Å². The van der Waals surface area contributed by atoms with Gasteiger partial charge in [-0.15, -0.1) is 0 Å². The van der Waals surface area contributed by atoms with Gasteiger partial charge in [0, 0.05) is 0 Å². The molecule has 2 aliphatic carbocycles. The van der Waals surface area contributed by atoms with Gasteiger partial charge in [0.25, 0.3) is 0 Å². The smallest absolute Gasteiger partial charge is 0.0522 e. The van der Waals surface area contributed by atoms with Crippen LogP contribution in [0.2, 0.25) is 0 Å². The summed E-state index contributed by atoms with van der Waals surface area (Å²) in [7, 11) is 0. The highest BCUT2D eigenvalue weighted by Crippen LogP contribution is 2.44. The summed E-state index contributed by atoms with van der Waals surface area (Å²) in [5.74, 6) is 0. The van der Waals surface area contributed by atoms with Crippen LogP contribution in [0.4, 0.5) is 0 Å². The topological polar surface area (TPSA) is 9.23 Å². The number of hydrogen-bond acceptors (Lipinski definition) is 1. The molecule has 0 aromatic rings. The molecule has 2 rings (SSSR count). The maximum atomic E-state index is 6.71. The molecule has 0 aliphatic heterocycles. The Morgan fingerprint density at radius 2 is 0.806 bits per heavy atom. The van der Waals surface area contributed by atoms with E-state index in [0.29, 0.717) is 10.8 Å². The van der Waals surface area contributed by atoms with Crippen molar-refractivity contribution in [1.82, 2.24) is 0 Å². The molecular weight excluding hydrogens is 376 g/mol. The molecule has 0 amide bonds. The minimum absolute atomic E-state index is 0.527. The van der Waals surface area contributed by atoms with Crippen LogP contribution in [0.1, 0.15) is 168 Å². The fraction of sp³-hybridized carbons (Fsp3) is 1.00. The van der Waals surface area contributed by atoms with E-state index in [1.807, 2.05) is 0 Å². The highest BCUT2D eigenvalue weighted by atomic mass is 16.5. The number of rotatable bonds is 18. The van der Waals surface area contributed by atoms with E-state index in [1.165, 1.54) is 154 Å². The fourth-order valence-corrected chi connectivity index (χ4v) is 6.58. The largest absolute Gasteiger partial charge is 0.380 e. The van der Waals surface area contributed by atoms with E-state index in [4.69, 9.17) is 4.74 Å². The lowest BCUT2D eigenvalue weighted by atomic mass is 9.70. The molecule has 2 aliphatic rings. The van der Waals surface area contributed by atoms with Crippen molar-refractivity contribution in [2.75, 3.05) is 13.2 Å². The first-order valence-electron chi connectivity index (χ1n) is 14.8. The second kappa shape index (κ2) is 16.6. The molecule has 0 bridgehead atoms. The predicted molar refractivity (Wildman–Crippen MR) is 138 cm³/mol. The molecule has 1 nitrogen and oxygen atoms in total. The number of unbranched alkanes of at least 4 members (excludes halogenated alkanes) is 10. The Bertz CT molecular complexity index is 365. The molecule has 2 fully saturated rings. The van der Waals surface area contributed by atoms with Crippen LogP contribution in [0.3, 0.4) is 0 Å². The van der Waals surface area contributed by atoms with Crippen LogP contribution in [-0.2, 0) is 4.74 Å². The van der Waals surface area contributed by atoms with Crippen molar-refractivity contribution in [2.45, 2.75) is 168 Å².